The van der Waals surface area contributed by atoms with E-state index >= 15 is 0 Å². The maximum absolute atomic E-state index is 12.5. The second-order valence-electron chi connectivity index (χ2n) is 7.13. The molecule has 188 valence electrons. The number of ether oxygens (including phenoxy) is 3. The molecule has 1 heterocycles. The molecule has 0 bridgehead atoms. The number of amides is 2. The lowest BCUT2D eigenvalue weighted by atomic mass is 10.1. The summed E-state index contributed by atoms with van der Waals surface area (Å²) in [6, 6.07) is 6.39. The Morgan fingerprint density at radius 1 is 0.886 bits per heavy atom. The Kier molecular flexibility index (Phi) is 9.76. The smallest absolute Gasteiger partial charge is 0.340 e. The van der Waals surface area contributed by atoms with Gasteiger partial charge in [0.05, 0.1) is 31.5 Å². The Bertz CT molecular complexity index is 1080. The fourth-order valence-electron chi connectivity index (χ4n) is 3.29. The number of carbonyl (C=O) groups is 4. The summed E-state index contributed by atoms with van der Waals surface area (Å²) in [6.45, 7) is 6.49. The number of nitrogens with one attached hydrogen (secondary N) is 3. The van der Waals surface area contributed by atoms with E-state index in [0.717, 1.165) is 0 Å². The van der Waals surface area contributed by atoms with Crippen LogP contribution in [0.25, 0.3) is 0 Å². The summed E-state index contributed by atoms with van der Waals surface area (Å²) in [6.07, 6.45) is 0. The SMILES string of the molecule is CCOC(=O)c1c(C(=O)OCC)c(C)n(CC(=O)NNC(=S)NC(=O)c2ccc(OC)cc2)c1C. The lowest BCUT2D eigenvalue weighted by Crippen LogP contribution is -2.49. The summed E-state index contributed by atoms with van der Waals surface area (Å²) in [5.41, 5.74) is 6.01. The predicted octanol–water partition coefficient (Wildman–Crippen LogP) is 1.80. The van der Waals surface area contributed by atoms with Gasteiger partial charge in [0.2, 0.25) is 0 Å². The van der Waals surface area contributed by atoms with Gasteiger partial charge in [0.15, 0.2) is 5.11 Å². The maximum Gasteiger partial charge on any atom is 0.340 e. The fraction of sp³-hybridized carbons (Fsp3) is 0.348. The van der Waals surface area contributed by atoms with Crippen LogP contribution in [0.5, 0.6) is 5.75 Å². The summed E-state index contributed by atoms with van der Waals surface area (Å²) in [4.78, 5) is 49.8. The van der Waals surface area contributed by atoms with Gasteiger partial charge in [0.1, 0.15) is 12.3 Å². The zero-order valence-corrected chi connectivity index (χ0v) is 21.0. The molecule has 2 aromatic rings. The fourth-order valence-corrected chi connectivity index (χ4v) is 3.43. The van der Waals surface area contributed by atoms with Gasteiger partial charge >= 0.3 is 11.9 Å². The summed E-state index contributed by atoms with van der Waals surface area (Å²) >= 11 is 5.05. The van der Waals surface area contributed by atoms with E-state index in [9.17, 15) is 19.2 Å². The third-order valence-electron chi connectivity index (χ3n) is 4.94. The monoisotopic (exact) mass is 504 g/mol. The van der Waals surface area contributed by atoms with E-state index in [-0.39, 0.29) is 36.0 Å². The zero-order valence-electron chi connectivity index (χ0n) is 20.1. The van der Waals surface area contributed by atoms with Gasteiger partial charge in [-0.25, -0.2) is 9.59 Å². The van der Waals surface area contributed by atoms with Crippen molar-refractivity contribution >= 4 is 41.1 Å². The minimum Gasteiger partial charge on any atom is -0.497 e. The minimum atomic E-state index is -0.684. The van der Waals surface area contributed by atoms with Crippen LogP contribution >= 0.6 is 12.2 Å². The molecule has 0 aliphatic rings. The largest absolute Gasteiger partial charge is 0.497 e. The molecule has 0 radical (unpaired) electrons. The molecule has 1 aromatic heterocycles. The van der Waals surface area contributed by atoms with Crippen molar-refractivity contribution < 1.29 is 33.4 Å². The van der Waals surface area contributed by atoms with Gasteiger partial charge in [-0.2, -0.15) is 0 Å². The molecule has 0 unspecified atom stereocenters. The summed E-state index contributed by atoms with van der Waals surface area (Å²) in [5.74, 6) is -1.79. The Balaban J connectivity index is 2.08. The van der Waals surface area contributed by atoms with Crippen LogP contribution in [-0.2, 0) is 20.8 Å². The van der Waals surface area contributed by atoms with Crippen molar-refractivity contribution in [3.63, 3.8) is 0 Å². The summed E-state index contributed by atoms with van der Waals surface area (Å²) < 4.78 is 16.7. The Hall–Kier alpha value is -3.93. The van der Waals surface area contributed by atoms with Gasteiger partial charge in [-0.05, 0) is 64.2 Å². The molecule has 12 heteroatoms. The van der Waals surface area contributed by atoms with Crippen molar-refractivity contribution in [1.29, 1.82) is 0 Å². The van der Waals surface area contributed by atoms with Gasteiger partial charge in [0.25, 0.3) is 11.8 Å². The number of methoxy groups -OCH3 is 1. The summed E-state index contributed by atoms with van der Waals surface area (Å²) in [7, 11) is 1.52. The van der Waals surface area contributed by atoms with E-state index in [1.807, 2.05) is 0 Å². The van der Waals surface area contributed by atoms with Crippen LogP contribution in [-0.4, -0.2) is 53.8 Å². The van der Waals surface area contributed by atoms with E-state index in [2.05, 4.69) is 16.2 Å². The molecule has 0 fully saturated rings. The molecule has 35 heavy (non-hydrogen) atoms. The van der Waals surface area contributed by atoms with Gasteiger partial charge in [0, 0.05) is 17.0 Å². The van der Waals surface area contributed by atoms with E-state index < -0.39 is 23.8 Å². The van der Waals surface area contributed by atoms with Gasteiger partial charge < -0.3 is 18.8 Å². The highest BCUT2D eigenvalue weighted by Crippen LogP contribution is 2.24. The molecule has 0 aliphatic heterocycles. The van der Waals surface area contributed by atoms with Crippen molar-refractivity contribution in [2.75, 3.05) is 20.3 Å². The topological polar surface area (TPSA) is 137 Å². The van der Waals surface area contributed by atoms with Crippen molar-refractivity contribution in [3.05, 3.63) is 52.3 Å². The number of esters is 2. The second-order valence-corrected chi connectivity index (χ2v) is 7.54. The van der Waals surface area contributed by atoms with Crippen molar-refractivity contribution in [1.82, 2.24) is 20.7 Å². The van der Waals surface area contributed by atoms with E-state index in [4.69, 9.17) is 26.4 Å². The highest BCUT2D eigenvalue weighted by atomic mass is 32.1. The molecule has 2 amide bonds. The third kappa shape index (κ3) is 6.79. The number of benzene rings is 1. The number of aromatic nitrogens is 1. The van der Waals surface area contributed by atoms with E-state index in [0.29, 0.717) is 22.7 Å². The van der Waals surface area contributed by atoms with Crippen LogP contribution in [0.2, 0.25) is 0 Å². The first kappa shape index (κ1) is 27.3. The zero-order chi connectivity index (χ0) is 26.1. The predicted molar refractivity (Wildman–Crippen MR) is 130 cm³/mol. The number of hydrogen-bond acceptors (Lipinski definition) is 8. The van der Waals surface area contributed by atoms with Crippen LogP contribution < -0.4 is 20.9 Å². The lowest BCUT2D eigenvalue weighted by molar-refractivity contribution is -0.122. The molecule has 0 saturated carbocycles. The lowest BCUT2D eigenvalue weighted by Gasteiger charge is -2.13. The second kappa shape index (κ2) is 12.5. The molecule has 0 atom stereocenters. The molecule has 11 nitrogen and oxygen atoms in total. The first-order chi connectivity index (χ1) is 16.6. The molecular formula is C23H28N4O7S. The Labute approximate surface area is 208 Å². The van der Waals surface area contributed by atoms with Gasteiger partial charge in [-0.3, -0.25) is 25.8 Å². The quantitative estimate of drug-likeness (QED) is 0.279. The molecule has 0 spiro atoms. The van der Waals surface area contributed by atoms with Crippen molar-refractivity contribution in [2.45, 2.75) is 34.2 Å². The molecule has 0 saturated heterocycles. The number of hydrogen-bond donors (Lipinski definition) is 3. The first-order valence-corrected chi connectivity index (χ1v) is 11.1. The van der Waals surface area contributed by atoms with Crippen molar-refractivity contribution in [3.8, 4) is 5.75 Å². The minimum absolute atomic E-state index is 0.0471. The molecule has 0 aliphatic carbocycles. The van der Waals surface area contributed by atoms with Gasteiger partial charge in [-0.1, -0.05) is 0 Å². The summed E-state index contributed by atoms with van der Waals surface area (Å²) in [5, 5.41) is 2.32. The molecule has 2 rings (SSSR count). The number of thiocarbonyl (C=S) groups is 1. The first-order valence-electron chi connectivity index (χ1n) is 10.7. The number of hydrazine groups is 1. The molecule has 3 N–H and O–H groups in total. The van der Waals surface area contributed by atoms with Crippen LogP contribution in [0.4, 0.5) is 0 Å². The van der Waals surface area contributed by atoms with Gasteiger partial charge in [-0.15, -0.1) is 0 Å². The Morgan fingerprint density at radius 3 is 1.86 bits per heavy atom. The van der Waals surface area contributed by atoms with E-state index in [1.165, 1.54) is 11.7 Å². The third-order valence-corrected chi connectivity index (χ3v) is 5.14. The highest BCUT2D eigenvalue weighted by molar-refractivity contribution is 7.80. The number of nitrogens with zero attached hydrogens (tertiary/aromatic N) is 1. The molecular weight excluding hydrogens is 476 g/mol. The van der Waals surface area contributed by atoms with Crippen molar-refractivity contribution in [2.24, 2.45) is 0 Å². The average Bonchev–Trinajstić information content (AvgIpc) is 3.08. The standard InChI is InChI=1S/C23H28N4O7S/c1-6-33-21(30)18-13(3)27(14(4)19(18)22(31)34-7-2)12-17(28)25-26-23(35)24-20(29)15-8-10-16(32-5)11-9-15/h8-11H,6-7,12H2,1-5H3,(H,25,28)(H2,24,26,29,35). The van der Waals surface area contributed by atoms with Crippen LogP contribution in [0.1, 0.15) is 56.3 Å². The van der Waals surface area contributed by atoms with Crippen LogP contribution in [0, 0.1) is 13.8 Å². The van der Waals surface area contributed by atoms with E-state index in [1.54, 1.807) is 52.0 Å². The average molecular weight is 505 g/mol. The van der Waals surface area contributed by atoms with Crippen LogP contribution in [0.15, 0.2) is 24.3 Å². The normalized spacial score (nSPS) is 10.2. The molecule has 1 aromatic carbocycles. The number of rotatable bonds is 8. The van der Waals surface area contributed by atoms with Crippen LogP contribution in [0.3, 0.4) is 0 Å². The number of carbonyl (C=O) groups excluding carboxylic acids is 4. The Morgan fingerprint density at radius 2 is 1.40 bits per heavy atom. The maximum atomic E-state index is 12.5. The highest BCUT2D eigenvalue weighted by Gasteiger charge is 2.30.